The molecule has 1 saturated heterocycles. The van der Waals surface area contributed by atoms with Crippen LogP contribution in [0.15, 0.2) is 71.0 Å². The van der Waals surface area contributed by atoms with Gasteiger partial charge in [0.25, 0.3) is 11.5 Å². The van der Waals surface area contributed by atoms with Gasteiger partial charge in [0, 0.05) is 19.3 Å². The topological polar surface area (TPSA) is 66.7 Å². The lowest BCUT2D eigenvalue weighted by atomic mass is 10.1. The smallest absolute Gasteiger partial charge is 0.267 e. The molecule has 0 radical (unpaired) electrons. The molecule has 1 fully saturated rings. The van der Waals surface area contributed by atoms with Crippen molar-refractivity contribution in [1.82, 2.24) is 14.3 Å². The molecule has 4 rings (SSSR count). The highest BCUT2D eigenvalue weighted by Gasteiger charge is 2.32. The Labute approximate surface area is 202 Å². The Kier molecular flexibility index (Phi) is 7.05. The van der Waals surface area contributed by atoms with E-state index >= 15 is 0 Å². The number of hydrogen-bond acceptors (Lipinski definition) is 6. The first-order chi connectivity index (χ1) is 16.0. The average molecular weight is 477 g/mol. The maximum absolute atomic E-state index is 13.3. The van der Waals surface area contributed by atoms with Crippen molar-refractivity contribution in [2.45, 2.75) is 19.8 Å². The van der Waals surface area contributed by atoms with E-state index in [4.69, 9.17) is 12.2 Å². The average Bonchev–Trinajstić information content (AvgIpc) is 3.08. The van der Waals surface area contributed by atoms with Gasteiger partial charge in [-0.05, 0) is 43.0 Å². The van der Waals surface area contributed by atoms with Crippen molar-refractivity contribution in [2.75, 3.05) is 18.4 Å². The van der Waals surface area contributed by atoms with E-state index < -0.39 is 0 Å². The van der Waals surface area contributed by atoms with E-state index in [-0.39, 0.29) is 11.5 Å². The molecule has 1 amide bonds. The van der Waals surface area contributed by atoms with Crippen LogP contribution in [-0.2, 0) is 11.2 Å². The van der Waals surface area contributed by atoms with Crippen molar-refractivity contribution < 1.29 is 4.79 Å². The number of nitrogens with zero attached hydrogens (tertiary/aromatic N) is 3. The molecule has 1 aromatic carbocycles. The molecule has 3 heterocycles. The molecule has 0 spiro atoms. The van der Waals surface area contributed by atoms with Gasteiger partial charge < -0.3 is 5.32 Å². The van der Waals surface area contributed by atoms with Gasteiger partial charge in [-0.3, -0.25) is 18.9 Å². The van der Waals surface area contributed by atoms with Crippen LogP contribution in [-0.4, -0.2) is 37.6 Å². The third-order valence-electron chi connectivity index (χ3n) is 5.26. The van der Waals surface area contributed by atoms with Crippen molar-refractivity contribution in [2.24, 2.45) is 0 Å². The molecule has 2 aromatic heterocycles. The summed E-state index contributed by atoms with van der Waals surface area (Å²) in [6.07, 6.45) is 6.70. The molecule has 0 aliphatic carbocycles. The molecular formula is C25H24N4O2S2. The number of amides is 1. The Morgan fingerprint density at radius 3 is 2.73 bits per heavy atom. The zero-order chi connectivity index (χ0) is 23.4. The molecule has 1 aliphatic rings. The normalized spacial score (nSPS) is 14.9. The quantitative estimate of drug-likeness (QED) is 0.295. The molecule has 8 heteroatoms. The highest BCUT2D eigenvalue weighted by atomic mass is 32.2. The van der Waals surface area contributed by atoms with E-state index in [1.165, 1.54) is 21.7 Å². The lowest BCUT2D eigenvalue weighted by Gasteiger charge is -2.14. The number of nitrogens with one attached hydrogen (secondary N) is 1. The summed E-state index contributed by atoms with van der Waals surface area (Å²) in [6, 6.07) is 13.8. The molecule has 1 N–H and O–H groups in total. The summed E-state index contributed by atoms with van der Waals surface area (Å²) in [7, 11) is 0. The van der Waals surface area contributed by atoms with Gasteiger partial charge in [-0.1, -0.05) is 66.5 Å². The van der Waals surface area contributed by atoms with Crippen LogP contribution in [0.3, 0.4) is 0 Å². The number of aryl methyl sites for hydroxylation is 2. The van der Waals surface area contributed by atoms with Crippen molar-refractivity contribution in [3.63, 3.8) is 0 Å². The number of thiocarbonyl (C=S) groups is 1. The number of pyridine rings is 1. The van der Waals surface area contributed by atoms with E-state index in [9.17, 15) is 9.59 Å². The van der Waals surface area contributed by atoms with E-state index in [1.807, 2.05) is 31.2 Å². The zero-order valence-corrected chi connectivity index (χ0v) is 19.9. The predicted molar refractivity (Wildman–Crippen MR) is 140 cm³/mol. The third kappa shape index (κ3) is 5.07. The van der Waals surface area contributed by atoms with E-state index in [1.54, 1.807) is 29.3 Å². The van der Waals surface area contributed by atoms with Gasteiger partial charge in [0.05, 0.1) is 10.5 Å². The monoisotopic (exact) mass is 476 g/mol. The lowest BCUT2D eigenvalue weighted by Crippen LogP contribution is -2.29. The first-order valence-corrected chi connectivity index (χ1v) is 11.9. The van der Waals surface area contributed by atoms with E-state index in [0.717, 1.165) is 18.4 Å². The summed E-state index contributed by atoms with van der Waals surface area (Å²) < 4.78 is 2.01. The summed E-state index contributed by atoms with van der Waals surface area (Å²) in [5, 5.41) is 3.12. The maximum Gasteiger partial charge on any atom is 0.267 e. The summed E-state index contributed by atoms with van der Waals surface area (Å²) in [5.74, 6) is 0.236. The Hall–Kier alpha value is -3.23. The number of aromatic nitrogens is 2. The van der Waals surface area contributed by atoms with E-state index in [0.29, 0.717) is 39.3 Å². The van der Waals surface area contributed by atoms with Crippen LogP contribution in [0.4, 0.5) is 5.82 Å². The number of fused-ring (bicyclic) bond motifs is 1. The maximum atomic E-state index is 13.3. The molecule has 33 heavy (non-hydrogen) atoms. The van der Waals surface area contributed by atoms with Crippen LogP contribution in [0.2, 0.25) is 0 Å². The van der Waals surface area contributed by atoms with Crippen LogP contribution in [0, 0.1) is 6.92 Å². The first kappa shape index (κ1) is 22.9. The summed E-state index contributed by atoms with van der Waals surface area (Å²) >= 11 is 6.69. The Morgan fingerprint density at radius 1 is 1.18 bits per heavy atom. The largest absolute Gasteiger partial charge is 0.366 e. The second kappa shape index (κ2) is 10.1. The third-order valence-corrected chi connectivity index (χ3v) is 6.64. The van der Waals surface area contributed by atoms with Crippen LogP contribution in [0.5, 0.6) is 0 Å². The fraction of sp³-hybridized carbons (Fsp3) is 0.200. The Balaban J connectivity index is 1.62. The predicted octanol–water partition coefficient (Wildman–Crippen LogP) is 4.43. The molecule has 0 saturated carbocycles. The number of rotatable bonds is 8. The summed E-state index contributed by atoms with van der Waals surface area (Å²) in [5.41, 5.74) is 2.77. The van der Waals surface area contributed by atoms with Gasteiger partial charge in [-0.15, -0.1) is 6.58 Å². The van der Waals surface area contributed by atoms with Crippen LogP contribution >= 0.6 is 24.0 Å². The Bertz CT molecular complexity index is 1320. The number of anilines is 1. The van der Waals surface area contributed by atoms with Crippen molar-refractivity contribution in [3.8, 4) is 0 Å². The van der Waals surface area contributed by atoms with Gasteiger partial charge >= 0.3 is 0 Å². The fourth-order valence-electron chi connectivity index (χ4n) is 3.60. The van der Waals surface area contributed by atoms with Crippen LogP contribution < -0.4 is 10.9 Å². The van der Waals surface area contributed by atoms with Gasteiger partial charge in [-0.2, -0.15) is 0 Å². The number of benzene rings is 1. The first-order valence-electron chi connectivity index (χ1n) is 10.6. The van der Waals surface area contributed by atoms with Gasteiger partial charge in [0.2, 0.25) is 0 Å². The van der Waals surface area contributed by atoms with Crippen LogP contribution in [0.1, 0.15) is 23.1 Å². The molecular weight excluding hydrogens is 452 g/mol. The van der Waals surface area contributed by atoms with Crippen molar-refractivity contribution >= 4 is 51.7 Å². The number of carbonyl (C=O) groups excluding carboxylic acids is 1. The highest BCUT2D eigenvalue weighted by Crippen LogP contribution is 2.33. The molecule has 0 atom stereocenters. The zero-order valence-electron chi connectivity index (χ0n) is 18.3. The number of hydrogen-bond donors (Lipinski definition) is 1. The summed E-state index contributed by atoms with van der Waals surface area (Å²) in [6.45, 7) is 6.60. The number of carbonyl (C=O) groups is 1. The molecule has 1 aliphatic heterocycles. The molecule has 168 valence electrons. The second-order valence-electron chi connectivity index (χ2n) is 7.71. The van der Waals surface area contributed by atoms with E-state index in [2.05, 4.69) is 29.0 Å². The van der Waals surface area contributed by atoms with Gasteiger partial charge in [0.1, 0.15) is 15.8 Å². The minimum Gasteiger partial charge on any atom is -0.366 e. The number of thioether (sulfide) groups is 1. The van der Waals surface area contributed by atoms with Crippen molar-refractivity contribution in [1.29, 1.82) is 0 Å². The van der Waals surface area contributed by atoms with Gasteiger partial charge in [0.15, 0.2) is 0 Å². The van der Waals surface area contributed by atoms with Crippen molar-refractivity contribution in [3.05, 3.63) is 93.3 Å². The Morgan fingerprint density at radius 2 is 1.97 bits per heavy atom. The molecule has 0 bridgehead atoms. The molecule has 0 unspecified atom stereocenters. The van der Waals surface area contributed by atoms with Crippen LogP contribution in [0.25, 0.3) is 11.7 Å². The highest BCUT2D eigenvalue weighted by molar-refractivity contribution is 8.26. The molecule has 6 nitrogen and oxygen atoms in total. The minimum absolute atomic E-state index is 0.179. The summed E-state index contributed by atoms with van der Waals surface area (Å²) in [4.78, 5) is 33.0. The van der Waals surface area contributed by atoms with Gasteiger partial charge in [-0.25, -0.2) is 4.98 Å². The fourth-order valence-corrected chi connectivity index (χ4v) is 4.89. The molecule has 3 aromatic rings. The minimum atomic E-state index is -0.246. The lowest BCUT2D eigenvalue weighted by molar-refractivity contribution is -0.122. The standard InChI is InChI=1S/C25H24N4O2S2/c1-3-13-26-22-19(23(30)29-16-17(2)11-12-21(29)27-22)15-20-24(31)28(25(32)33-20)14-7-10-18-8-5-4-6-9-18/h3-6,8-9,11-12,15-16,26H,1,7,10,13-14H2,2H3. The second-order valence-corrected chi connectivity index (χ2v) is 9.38. The SMILES string of the molecule is C=CCNc1nc2ccc(C)cn2c(=O)c1C=C1SC(=S)N(CCCc2ccccc2)C1=O.